The summed E-state index contributed by atoms with van der Waals surface area (Å²) in [6, 6.07) is 7.54. The number of carbonyl (C=O) groups excluding carboxylic acids is 1. The van der Waals surface area contributed by atoms with Crippen molar-refractivity contribution >= 4 is 16.9 Å². The standard InChI is InChI=1S/C15H19N3O3/c16-17-15(20)14-12(9-18-7-3-4-10(19)8-18)11-5-1-2-6-13(11)21-14/h1-2,5-6,10,19H,3-4,7-9,16H2,(H,17,20). The van der Waals surface area contributed by atoms with Gasteiger partial charge in [0.25, 0.3) is 0 Å². The minimum Gasteiger partial charge on any atom is -0.451 e. The summed E-state index contributed by atoms with van der Waals surface area (Å²) in [4.78, 5) is 14.0. The Labute approximate surface area is 122 Å². The number of nitrogens with zero attached hydrogens (tertiary/aromatic N) is 1. The average Bonchev–Trinajstić information content (AvgIpc) is 2.85. The maximum absolute atomic E-state index is 11.9. The summed E-state index contributed by atoms with van der Waals surface area (Å²) < 4.78 is 5.64. The van der Waals surface area contributed by atoms with Crippen molar-refractivity contribution in [1.82, 2.24) is 10.3 Å². The second-order valence-electron chi connectivity index (χ2n) is 5.41. The summed E-state index contributed by atoms with van der Waals surface area (Å²) in [6.07, 6.45) is 1.48. The van der Waals surface area contributed by atoms with Gasteiger partial charge in [0, 0.05) is 24.0 Å². The molecule has 6 heteroatoms. The number of amides is 1. The zero-order valence-electron chi connectivity index (χ0n) is 11.7. The van der Waals surface area contributed by atoms with Crippen LogP contribution in [0.4, 0.5) is 0 Å². The fourth-order valence-electron chi connectivity index (χ4n) is 2.90. The highest BCUT2D eigenvalue weighted by Gasteiger charge is 2.24. The van der Waals surface area contributed by atoms with Gasteiger partial charge in [-0.2, -0.15) is 0 Å². The number of carbonyl (C=O) groups is 1. The Kier molecular flexibility index (Phi) is 3.92. The molecule has 0 spiro atoms. The van der Waals surface area contributed by atoms with Gasteiger partial charge in [-0.3, -0.25) is 15.1 Å². The lowest BCUT2D eigenvalue weighted by atomic mass is 10.1. The summed E-state index contributed by atoms with van der Waals surface area (Å²) >= 11 is 0. The number of hydrogen-bond donors (Lipinski definition) is 3. The third kappa shape index (κ3) is 2.78. The molecule has 1 unspecified atom stereocenters. The molecular weight excluding hydrogens is 270 g/mol. The molecule has 1 aliphatic rings. The van der Waals surface area contributed by atoms with E-state index in [4.69, 9.17) is 10.3 Å². The van der Waals surface area contributed by atoms with Crippen molar-refractivity contribution in [2.75, 3.05) is 13.1 Å². The van der Waals surface area contributed by atoms with E-state index in [-0.39, 0.29) is 11.9 Å². The SMILES string of the molecule is NNC(=O)c1oc2ccccc2c1CN1CCCC(O)C1. The van der Waals surface area contributed by atoms with Gasteiger partial charge in [0.05, 0.1) is 6.10 Å². The zero-order chi connectivity index (χ0) is 14.8. The van der Waals surface area contributed by atoms with E-state index in [0.29, 0.717) is 18.7 Å². The predicted molar refractivity (Wildman–Crippen MR) is 78.4 cm³/mol. The van der Waals surface area contributed by atoms with E-state index in [9.17, 15) is 9.90 Å². The van der Waals surface area contributed by atoms with Crippen molar-refractivity contribution in [3.05, 3.63) is 35.6 Å². The number of likely N-dealkylation sites (tertiary alicyclic amines) is 1. The first kappa shape index (κ1) is 14.1. The molecular formula is C15H19N3O3. The van der Waals surface area contributed by atoms with Crippen LogP contribution < -0.4 is 11.3 Å². The summed E-state index contributed by atoms with van der Waals surface area (Å²) in [6.45, 7) is 2.08. The van der Waals surface area contributed by atoms with E-state index in [1.807, 2.05) is 24.3 Å². The average molecular weight is 289 g/mol. The van der Waals surface area contributed by atoms with Gasteiger partial charge in [-0.1, -0.05) is 18.2 Å². The van der Waals surface area contributed by atoms with Crippen LogP contribution in [-0.4, -0.2) is 35.1 Å². The number of rotatable bonds is 3. The van der Waals surface area contributed by atoms with E-state index in [0.717, 1.165) is 30.3 Å². The maximum atomic E-state index is 11.9. The van der Waals surface area contributed by atoms with Crippen molar-refractivity contribution in [2.24, 2.45) is 5.84 Å². The summed E-state index contributed by atoms with van der Waals surface area (Å²) in [5.41, 5.74) is 3.62. The van der Waals surface area contributed by atoms with E-state index in [1.54, 1.807) is 0 Å². The maximum Gasteiger partial charge on any atom is 0.301 e. The lowest BCUT2D eigenvalue weighted by Crippen LogP contribution is -2.38. The highest BCUT2D eigenvalue weighted by Crippen LogP contribution is 2.28. The molecule has 2 aromatic rings. The van der Waals surface area contributed by atoms with E-state index < -0.39 is 5.91 Å². The van der Waals surface area contributed by atoms with Gasteiger partial charge < -0.3 is 9.52 Å². The third-order valence-electron chi connectivity index (χ3n) is 3.90. The van der Waals surface area contributed by atoms with Gasteiger partial charge in [0.2, 0.25) is 0 Å². The van der Waals surface area contributed by atoms with Crippen molar-refractivity contribution < 1.29 is 14.3 Å². The molecule has 2 heterocycles. The topological polar surface area (TPSA) is 91.7 Å². The van der Waals surface area contributed by atoms with Gasteiger partial charge in [-0.25, -0.2) is 5.84 Å². The largest absolute Gasteiger partial charge is 0.451 e. The molecule has 1 fully saturated rings. The van der Waals surface area contributed by atoms with E-state index in [1.165, 1.54) is 0 Å². The molecule has 0 radical (unpaired) electrons. The van der Waals surface area contributed by atoms with E-state index >= 15 is 0 Å². The van der Waals surface area contributed by atoms with Gasteiger partial charge >= 0.3 is 5.91 Å². The number of furan rings is 1. The Morgan fingerprint density at radius 1 is 1.48 bits per heavy atom. The summed E-state index contributed by atoms with van der Waals surface area (Å²) in [5, 5.41) is 10.7. The van der Waals surface area contributed by atoms with Crippen LogP contribution in [0.2, 0.25) is 0 Å². The molecule has 21 heavy (non-hydrogen) atoms. The summed E-state index contributed by atoms with van der Waals surface area (Å²) in [5.74, 6) is 5.05. The van der Waals surface area contributed by atoms with Crippen LogP contribution in [0.15, 0.2) is 28.7 Å². The quantitative estimate of drug-likeness (QED) is 0.445. The Morgan fingerprint density at radius 2 is 2.29 bits per heavy atom. The number of benzene rings is 1. The molecule has 1 aromatic carbocycles. The van der Waals surface area contributed by atoms with Gasteiger partial charge in [-0.05, 0) is 25.5 Å². The minimum absolute atomic E-state index is 0.249. The van der Waals surface area contributed by atoms with Gasteiger partial charge in [0.1, 0.15) is 5.58 Å². The second kappa shape index (κ2) is 5.85. The number of nitrogens with two attached hydrogens (primary N) is 1. The van der Waals surface area contributed by atoms with Crippen LogP contribution in [0.1, 0.15) is 29.0 Å². The lowest BCUT2D eigenvalue weighted by molar-refractivity contribution is 0.0665. The Bertz CT molecular complexity index is 653. The first-order valence-electron chi connectivity index (χ1n) is 7.11. The lowest BCUT2D eigenvalue weighted by Gasteiger charge is -2.29. The number of hydrazine groups is 1. The molecule has 112 valence electrons. The predicted octanol–water partition coefficient (Wildman–Crippen LogP) is 0.993. The number of aliphatic hydroxyl groups is 1. The van der Waals surface area contributed by atoms with Crippen LogP contribution in [-0.2, 0) is 6.54 Å². The molecule has 1 atom stereocenters. The number of hydrogen-bond acceptors (Lipinski definition) is 5. The number of nitrogens with one attached hydrogen (secondary N) is 1. The van der Waals surface area contributed by atoms with E-state index in [2.05, 4.69) is 10.3 Å². The number of aliphatic hydroxyl groups excluding tert-OH is 1. The monoisotopic (exact) mass is 289 g/mol. The van der Waals surface area contributed by atoms with Crippen LogP contribution in [0.3, 0.4) is 0 Å². The van der Waals surface area contributed by atoms with Crippen LogP contribution in [0.25, 0.3) is 11.0 Å². The van der Waals surface area contributed by atoms with Crippen LogP contribution in [0.5, 0.6) is 0 Å². The van der Waals surface area contributed by atoms with Gasteiger partial charge in [0.15, 0.2) is 5.76 Å². The van der Waals surface area contributed by atoms with Crippen LogP contribution >= 0.6 is 0 Å². The first-order valence-corrected chi connectivity index (χ1v) is 7.11. The number of β-amino-alcohol motifs (C(OH)–C–C–N with tert-alkyl or cyclic N) is 1. The number of fused-ring (bicyclic) bond motifs is 1. The Morgan fingerprint density at radius 3 is 3.05 bits per heavy atom. The molecule has 4 N–H and O–H groups in total. The second-order valence-corrected chi connectivity index (χ2v) is 5.41. The highest BCUT2D eigenvalue weighted by atomic mass is 16.3. The summed E-state index contributed by atoms with van der Waals surface area (Å²) in [7, 11) is 0. The molecule has 1 amide bonds. The molecule has 1 aromatic heterocycles. The number of piperidine rings is 1. The fourth-order valence-corrected chi connectivity index (χ4v) is 2.90. The number of nitrogen functional groups attached to an aromatic ring is 1. The third-order valence-corrected chi connectivity index (χ3v) is 3.90. The minimum atomic E-state index is -0.432. The highest BCUT2D eigenvalue weighted by molar-refractivity contribution is 5.98. The zero-order valence-corrected chi connectivity index (χ0v) is 11.7. The molecule has 6 nitrogen and oxygen atoms in total. The van der Waals surface area contributed by atoms with Crippen molar-refractivity contribution in [3.8, 4) is 0 Å². The molecule has 1 aliphatic heterocycles. The fraction of sp³-hybridized carbons (Fsp3) is 0.400. The van der Waals surface area contributed by atoms with Crippen molar-refractivity contribution in [1.29, 1.82) is 0 Å². The smallest absolute Gasteiger partial charge is 0.301 e. The Balaban J connectivity index is 1.96. The van der Waals surface area contributed by atoms with Crippen LogP contribution in [0, 0.1) is 0 Å². The van der Waals surface area contributed by atoms with Crippen molar-refractivity contribution in [2.45, 2.75) is 25.5 Å². The molecule has 0 bridgehead atoms. The normalized spacial score (nSPS) is 19.8. The molecule has 0 aliphatic carbocycles. The molecule has 0 saturated carbocycles. The molecule has 1 saturated heterocycles. The van der Waals surface area contributed by atoms with Crippen molar-refractivity contribution in [3.63, 3.8) is 0 Å². The van der Waals surface area contributed by atoms with Gasteiger partial charge in [-0.15, -0.1) is 0 Å². The number of para-hydroxylation sites is 1. The Hall–Kier alpha value is -1.89. The first-order chi connectivity index (χ1) is 10.2. The molecule has 3 rings (SSSR count).